The van der Waals surface area contributed by atoms with Crippen LogP contribution < -0.4 is 10.6 Å². The Balaban J connectivity index is 1.63. The van der Waals surface area contributed by atoms with Gasteiger partial charge in [0.25, 0.3) is 11.6 Å². The third-order valence-corrected chi connectivity index (χ3v) is 4.34. The molecule has 1 aromatic carbocycles. The molecule has 2 N–H and O–H groups in total. The van der Waals surface area contributed by atoms with E-state index in [1.165, 1.54) is 18.2 Å². The highest BCUT2D eigenvalue weighted by molar-refractivity contribution is 6.04. The molecule has 0 aliphatic rings. The van der Waals surface area contributed by atoms with Crippen LogP contribution in [0.4, 0.5) is 17.2 Å². The van der Waals surface area contributed by atoms with E-state index in [1.54, 1.807) is 36.4 Å². The number of pyridine rings is 1. The third-order valence-electron chi connectivity index (χ3n) is 4.34. The van der Waals surface area contributed by atoms with E-state index < -0.39 is 10.8 Å². The van der Waals surface area contributed by atoms with Crippen LogP contribution >= 0.6 is 0 Å². The maximum absolute atomic E-state index is 12.5. The highest BCUT2D eigenvalue weighted by Gasteiger charge is 2.18. The summed E-state index contributed by atoms with van der Waals surface area (Å²) in [6, 6.07) is 9.83. The molecule has 10 heteroatoms. The number of nitrogens with zero attached hydrogens (tertiary/aromatic N) is 4. The molecule has 0 spiro atoms. The van der Waals surface area contributed by atoms with Gasteiger partial charge in [0.1, 0.15) is 5.69 Å². The fraction of sp³-hybridized carbons (Fsp3) is 0.250. The van der Waals surface area contributed by atoms with Crippen molar-refractivity contribution in [3.8, 4) is 0 Å². The van der Waals surface area contributed by atoms with Crippen LogP contribution in [0.25, 0.3) is 0 Å². The van der Waals surface area contributed by atoms with Crippen molar-refractivity contribution in [3.05, 3.63) is 76.2 Å². The third kappa shape index (κ3) is 5.61. The zero-order chi connectivity index (χ0) is 21.3. The number of methoxy groups -OCH3 is 1. The molecule has 0 aliphatic carbocycles. The second-order valence-corrected chi connectivity index (χ2v) is 6.43. The molecule has 0 atom stereocenters. The van der Waals surface area contributed by atoms with Gasteiger partial charge in [0.05, 0.1) is 11.5 Å². The molecule has 0 aliphatic heterocycles. The summed E-state index contributed by atoms with van der Waals surface area (Å²) in [5.74, 6) is -0.0967. The second kappa shape index (κ2) is 10.1. The number of carbonyl (C=O) groups is 1. The van der Waals surface area contributed by atoms with Crippen molar-refractivity contribution in [1.29, 1.82) is 0 Å². The van der Waals surface area contributed by atoms with E-state index in [0.29, 0.717) is 31.2 Å². The van der Waals surface area contributed by atoms with E-state index in [1.807, 2.05) is 12.1 Å². The summed E-state index contributed by atoms with van der Waals surface area (Å²) in [7, 11) is 1.55. The Kier molecular flexibility index (Phi) is 7.06. The van der Waals surface area contributed by atoms with Gasteiger partial charge >= 0.3 is 0 Å². The molecule has 30 heavy (non-hydrogen) atoms. The predicted molar refractivity (Wildman–Crippen MR) is 112 cm³/mol. The van der Waals surface area contributed by atoms with Gasteiger partial charge in [-0.1, -0.05) is 0 Å². The van der Waals surface area contributed by atoms with Crippen LogP contribution in [-0.4, -0.2) is 45.9 Å². The molecule has 2 heterocycles. The minimum Gasteiger partial charge on any atom is -0.383 e. The number of nitro benzene ring substituents is 1. The standard InChI is InChI=1S/C20H22N6O4/c1-30-13-10-22-17-3-2-16(14-18(17)26(28)29)20(27)23-19-7-12-25(24-19)11-6-15-4-8-21-9-5-15/h2-5,7-9,12,14,22H,6,10-11,13H2,1H3,(H,23,24,27). The van der Waals surface area contributed by atoms with E-state index in [0.717, 1.165) is 12.0 Å². The van der Waals surface area contributed by atoms with Crippen molar-refractivity contribution < 1.29 is 14.5 Å². The highest BCUT2D eigenvalue weighted by atomic mass is 16.6. The second-order valence-electron chi connectivity index (χ2n) is 6.43. The number of aromatic nitrogens is 3. The summed E-state index contributed by atoms with van der Waals surface area (Å²) in [5, 5.41) is 21.3. The molecule has 1 amide bonds. The quantitative estimate of drug-likeness (QED) is 0.299. The van der Waals surface area contributed by atoms with Crippen LogP contribution in [0.5, 0.6) is 0 Å². The lowest BCUT2D eigenvalue weighted by Crippen LogP contribution is -2.14. The molecule has 0 unspecified atom stereocenters. The van der Waals surface area contributed by atoms with E-state index >= 15 is 0 Å². The molecule has 0 fully saturated rings. The predicted octanol–water partition coefficient (Wildman–Crippen LogP) is 2.74. The number of aryl methyl sites for hydroxylation is 2. The van der Waals surface area contributed by atoms with Gasteiger partial charge in [-0.05, 0) is 36.2 Å². The number of benzene rings is 1. The molecular weight excluding hydrogens is 388 g/mol. The fourth-order valence-corrected chi connectivity index (χ4v) is 2.80. The normalized spacial score (nSPS) is 10.6. The number of nitrogens with one attached hydrogen (secondary N) is 2. The molecule has 0 saturated heterocycles. The van der Waals surface area contributed by atoms with Gasteiger partial charge in [0.15, 0.2) is 5.82 Å². The number of rotatable bonds is 10. The summed E-state index contributed by atoms with van der Waals surface area (Å²) in [5.41, 5.74) is 1.46. The summed E-state index contributed by atoms with van der Waals surface area (Å²) in [4.78, 5) is 27.3. The van der Waals surface area contributed by atoms with Crippen molar-refractivity contribution in [2.75, 3.05) is 30.9 Å². The lowest BCUT2D eigenvalue weighted by Gasteiger charge is -2.08. The average Bonchev–Trinajstić information content (AvgIpc) is 3.20. The molecule has 3 aromatic rings. The summed E-state index contributed by atoms with van der Waals surface area (Å²) in [6.07, 6.45) is 6.02. The van der Waals surface area contributed by atoms with Crippen LogP contribution in [0.1, 0.15) is 15.9 Å². The van der Waals surface area contributed by atoms with Gasteiger partial charge < -0.3 is 15.4 Å². The zero-order valence-corrected chi connectivity index (χ0v) is 16.4. The monoisotopic (exact) mass is 410 g/mol. The Hall–Kier alpha value is -3.79. The molecule has 3 rings (SSSR count). The summed E-state index contributed by atoms with van der Waals surface area (Å²) >= 11 is 0. The SMILES string of the molecule is COCCNc1ccc(C(=O)Nc2ccn(CCc3ccncc3)n2)cc1[N+](=O)[O-]. The van der Waals surface area contributed by atoms with Gasteiger partial charge in [-0.25, -0.2) is 0 Å². The van der Waals surface area contributed by atoms with Crippen LogP contribution in [0.3, 0.4) is 0 Å². The van der Waals surface area contributed by atoms with Gasteiger partial charge in [0.2, 0.25) is 0 Å². The summed E-state index contributed by atoms with van der Waals surface area (Å²) in [6.45, 7) is 1.47. The fourth-order valence-electron chi connectivity index (χ4n) is 2.80. The van der Waals surface area contributed by atoms with Crippen molar-refractivity contribution >= 4 is 23.1 Å². The molecular formula is C20H22N6O4. The Bertz CT molecular complexity index is 1010. The minimum absolute atomic E-state index is 0.172. The topological polar surface area (TPSA) is 124 Å². The van der Waals surface area contributed by atoms with Crippen molar-refractivity contribution in [2.45, 2.75) is 13.0 Å². The molecule has 2 aromatic heterocycles. The molecule has 0 bridgehead atoms. The Morgan fingerprint density at radius 3 is 2.77 bits per heavy atom. The first-order valence-corrected chi connectivity index (χ1v) is 9.32. The first-order valence-electron chi connectivity index (χ1n) is 9.32. The van der Waals surface area contributed by atoms with Crippen LogP contribution in [0, 0.1) is 10.1 Å². The Labute approximate surface area is 173 Å². The number of anilines is 2. The lowest BCUT2D eigenvalue weighted by atomic mass is 10.1. The first kappa shape index (κ1) is 20.9. The van der Waals surface area contributed by atoms with Crippen LogP contribution in [0.15, 0.2) is 55.0 Å². The van der Waals surface area contributed by atoms with Gasteiger partial charge in [0, 0.05) is 56.5 Å². The maximum atomic E-state index is 12.5. The number of nitro groups is 1. The first-order chi connectivity index (χ1) is 14.6. The number of carbonyl (C=O) groups excluding carboxylic acids is 1. The van der Waals surface area contributed by atoms with E-state index in [-0.39, 0.29) is 11.3 Å². The molecule has 10 nitrogen and oxygen atoms in total. The molecule has 156 valence electrons. The van der Waals surface area contributed by atoms with Crippen LogP contribution in [0.2, 0.25) is 0 Å². The molecule has 0 radical (unpaired) electrons. The van der Waals surface area contributed by atoms with E-state index in [9.17, 15) is 14.9 Å². The minimum atomic E-state index is -0.528. The Morgan fingerprint density at radius 2 is 2.03 bits per heavy atom. The largest absolute Gasteiger partial charge is 0.383 e. The van der Waals surface area contributed by atoms with Gasteiger partial charge in [-0.3, -0.25) is 24.6 Å². The average molecular weight is 410 g/mol. The highest BCUT2D eigenvalue weighted by Crippen LogP contribution is 2.25. The number of amides is 1. The smallest absolute Gasteiger partial charge is 0.293 e. The van der Waals surface area contributed by atoms with Crippen molar-refractivity contribution in [2.24, 2.45) is 0 Å². The number of hydrogen-bond donors (Lipinski definition) is 2. The van der Waals surface area contributed by atoms with Crippen molar-refractivity contribution in [3.63, 3.8) is 0 Å². The number of ether oxygens (including phenoxy) is 1. The van der Waals surface area contributed by atoms with Gasteiger partial charge in [-0.15, -0.1) is 0 Å². The summed E-state index contributed by atoms with van der Waals surface area (Å²) < 4.78 is 6.65. The zero-order valence-electron chi connectivity index (χ0n) is 16.4. The Morgan fingerprint density at radius 1 is 1.23 bits per heavy atom. The van der Waals surface area contributed by atoms with Gasteiger partial charge in [-0.2, -0.15) is 5.10 Å². The lowest BCUT2D eigenvalue weighted by molar-refractivity contribution is -0.384. The van der Waals surface area contributed by atoms with Crippen LogP contribution in [-0.2, 0) is 17.7 Å². The molecule has 0 saturated carbocycles. The van der Waals surface area contributed by atoms with E-state index in [2.05, 4.69) is 20.7 Å². The van der Waals surface area contributed by atoms with E-state index in [4.69, 9.17) is 4.74 Å². The van der Waals surface area contributed by atoms with Crippen molar-refractivity contribution in [1.82, 2.24) is 14.8 Å². The maximum Gasteiger partial charge on any atom is 0.293 e. The number of hydrogen-bond acceptors (Lipinski definition) is 7.